The molecule has 7 nitrogen and oxygen atoms in total. The maximum Gasteiger partial charge on any atom is 0.246 e. The summed E-state index contributed by atoms with van der Waals surface area (Å²) in [5.41, 5.74) is 5.47. The van der Waals surface area contributed by atoms with Gasteiger partial charge in [0.15, 0.2) is 0 Å². The third-order valence-corrected chi connectivity index (χ3v) is 6.22. The fourth-order valence-corrected chi connectivity index (χ4v) is 4.65. The molecule has 2 aliphatic rings. The summed E-state index contributed by atoms with van der Waals surface area (Å²) in [7, 11) is -3.43. The minimum Gasteiger partial charge on any atom is -0.329 e. The van der Waals surface area contributed by atoms with E-state index in [1.54, 1.807) is 15.2 Å². The first-order valence-electron chi connectivity index (χ1n) is 7.58. The van der Waals surface area contributed by atoms with Crippen LogP contribution in [0, 0.1) is 0 Å². The molecular formula is C13H23N5O2S. The van der Waals surface area contributed by atoms with E-state index >= 15 is 0 Å². The van der Waals surface area contributed by atoms with Crippen LogP contribution in [0.1, 0.15) is 19.3 Å². The Morgan fingerprint density at radius 3 is 2.95 bits per heavy atom. The Kier molecular flexibility index (Phi) is 4.30. The Bertz CT molecular complexity index is 585. The molecule has 1 aromatic heterocycles. The second kappa shape index (κ2) is 6.04. The van der Waals surface area contributed by atoms with Crippen LogP contribution in [0.3, 0.4) is 0 Å². The van der Waals surface area contributed by atoms with Crippen LogP contribution >= 0.6 is 0 Å². The zero-order chi connectivity index (χ0) is 14.9. The highest BCUT2D eigenvalue weighted by Gasteiger charge is 2.35. The lowest BCUT2D eigenvalue weighted by Gasteiger charge is -2.43. The van der Waals surface area contributed by atoms with Gasteiger partial charge in [0.25, 0.3) is 0 Å². The van der Waals surface area contributed by atoms with Crippen molar-refractivity contribution in [1.82, 2.24) is 19.0 Å². The van der Waals surface area contributed by atoms with Crippen molar-refractivity contribution in [2.45, 2.75) is 36.7 Å². The third kappa shape index (κ3) is 2.98. The number of aromatic nitrogens is 2. The minimum absolute atomic E-state index is 0.278. The standard InChI is InChI=1S/C13H23N5O2S/c14-4-6-17-11-13(9-15-17)21(19,20)18-8-7-16-5-2-1-3-12(16)10-18/h9,11-12H,1-8,10,14H2. The lowest BCUT2D eigenvalue weighted by Crippen LogP contribution is -2.56. The molecule has 21 heavy (non-hydrogen) atoms. The van der Waals surface area contributed by atoms with Crippen LogP contribution in [-0.2, 0) is 16.6 Å². The van der Waals surface area contributed by atoms with Crippen LogP contribution in [0.15, 0.2) is 17.3 Å². The first kappa shape index (κ1) is 15.0. The molecule has 0 amide bonds. The molecule has 3 rings (SSSR count). The summed E-state index contributed by atoms with van der Waals surface area (Å²) in [6.45, 7) is 4.09. The van der Waals surface area contributed by atoms with Crippen LogP contribution in [0.4, 0.5) is 0 Å². The molecule has 0 aliphatic carbocycles. The van der Waals surface area contributed by atoms with Crippen LogP contribution in [0.2, 0.25) is 0 Å². The quantitative estimate of drug-likeness (QED) is 0.825. The van der Waals surface area contributed by atoms with E-state index in [9.17, 15) is 8.42 Å². The monoisotopic (exact) mass is 313 g/mol. The number of nitrogens with zero attached hydrogens (tertiary/aromatic N) is 4. The average molecular weight is 313 g/mol. The zero-order valence-corrected chi connectivity index (χ0v) is 13.0. The molecule has 2 fully saturated rings. The second-order valence-corrected chi connectivity index (χ2v) is 7.71. The molecule has 0 bridgehead atoms. The van der Waals surface area contributed by atoms with Gasteiger partial charge < -0.3 is 5.73 Å². The van der Waals surface area contributed by atoms with Gasteiger partial charge in [-0.15, -0.1) is 0 Å². The molecule has 1 unspecified atom stereocenters. The van der Waals surface area contributed by atoms with E-state index < -0.39 is 10.0 Å². The predicted octanol–water partition coefficient (Wildman–Crippen LogP) is -0.299. The third-order valence-electron chi connectivity index (χ3n) is 4.41. The van der Waals surface area contributed by atoms with Crippen LogP contribution in [-0.4, -0.2) is 66.2 Å². The molecule has 0 saturated carbocycles. The number of rotatable bonds is 4. The van der Waals surface area contributed by atoms with E-state index in [0.717, 1.165) is 19.5 Å². The normalized spacial score (nSPS) is 24.9. The van der Waals surface area contributed by atoms with Crippen LogP contribution in [0.25, 0.3) is 0 Å². The highest BCUT2D eigenvalue weighted by atomic mass is 32.2. The van der Waals surface area contributed by atoms with Gasteiger partial charge in [0.2, 0.25) is 10.0 Å². The largest absolute Gasteiger partial charge is 0.329 e. The maximum atomic E-state index is 12.7. The summed E-state index contributed by atoms with van der Waals surface area (Å²) in [6, 6.07) is 0.376. The number of piperazine rings is 1. The molecule has 2 aliphatic heterocycles. The van der Waals surface area contributed by atoms with Gasteiger partial charge in [0.1, 0.15) is 4.90 Å². The smallest absolute Gasteiger partial charge is 0.246 e. The number of hydrogen-bond acceptors (Lipinski definition) is 5. The first-order valence-corrected chi connectivity index (χ1v) is 9.02. The zero-order valence-electron chi connectivity index (χ0n) is 12.2. The Morgan fingerprint density at radius 2 is 2.14 bits per heavy atom. The van der Waals surface area contributed by atoms with Crippen molar-refractivity contribution in [2.75, 3.05) is 32.7 Å². The van der Waals surface area contributed by atoms with Crippen LogP contribution in [0.5, 0.6) is 0 Å². The van der Waals surface area contributed by atoms with Gasteiger partial charge in [-0.1, -0.05) is 6.42 Å². The van der Waals surface area contributed by atoms with Crippen molar-refractivity contribution < 1.29 is 8.42 Å². The summed E-state index contributed by atoms with van der Waals surface area (Å²) < 4.78 is 28.6. The lowest BCUT2D eigenvalue weighted by atomic mass is 10.0. The number of sulfonamides is 1. The van der Waals surface area contributed by atoms with Gasteiger partial charge in [0, 0.05) is 38.4 Å². The Morgan fingerprint density at radius 1 is 1.29 bits per heavy atom. The van der Waals surface area contributed by atoms with Crippen molar-refractivity contribution in [2.24, 2.45) is 5.73 Å². The average Bonchev–Trinajstić information content (AvgIpc) is 2.96. The first-order chi connectivity index (χ1) is 10.1. The van der Waals surface area contributed by atoms with E-state index in [0.29, 0.717) is 32.2 Å². The number of hydrogen-bond donors (Lipinski definition) is 1. The number of fused-ring (bicyclic) bond motifs is 1. The highest BCUT2D eigenvalue weighted by Crippen LogP contribution is 2.25. The maximum absolute atomic E-state index is 12.7. The van der Waals surface area contributed by atoms with Gasteiger partial charge in [-0.2, -0.15) is 9.40 Å². The lowest BCUT2D eigenvalue weighted by molar-refractivity contribution is 0.0852. The highest BCUT2D eigenvalue weighted by molar-refractivity contribution is 7.89. The molecule has 2 N–H and O–H groups in total. The molecule has 3 heterocycles. The summed E-state index contributed by atoms with van der Waals surface area (Å²) in [4.78, 5) is 2.70. The summed E-state index contributed by atoms with van der Waals surface area (Å²) >= 11 is 0. The van der Waals surface area contributed by atoms with Gasteiger partial charge in [-0.05, 0) is 19.4 Å². The summed E-state index contributed by atoms with van der Waals surface area (Å²) in [6.07, 6.45) is 6.53. The minimum atomic E-state index is -3.43. The van der Waals surface area contributed by atoms with E-state index in [4.69, 9.17) is 5.73 Å². The second-order valence-electron chi connectivity index (χ2n) is 5.78. The Balaban J connectivity index is 1.75. The van der Waals surface area contributed by atoms with Gasteiger partial charge in [-0.3, -0.25) is 9.58 Å². The Hall–Kier alpha value is -0.960. The van der Waals surface area contributed by atoms with Gasteiger partial charge in [-0.25, -0.2) is 8.42 Å². The number of nitrogens with two attached hydrogens (primary N) is 1. The fraction of sp³-hybridized carbons (Fsp3) is 0.769. The molecule has 0 spiro atoms. The molecule has 8 heteroatoms. The van der Waals surface area contributed by atoms with Gasteiger partial charge in [0.05, 0.1) is 12.7 Å². The van der Waals surface area contributed by atoms with Crippen molar-refractivity contribution in [3.8, 4) is 0 Å². The van der Waals surface area contributed by atoms with E-state index in [1.807, 2.05) is 0 Å². The van der Waals surface area contributed by atoms with E-state index in [-0.39, 0.29) is 4.90 Å². The van der Waals surface area contributed by atoms with Crippen molar-refractivity contribution in [1.29, 1.82) is 0 Å². The number of piperidine rings is 1. The molecular weight excluding hydrogens is 290 g/mol. The summed E-state index contributed by atoms with van der Waals surface area (Å²) in [5, 5.41) is 4.07. The summed E-state index contributed by atoms with van der Waals surface area (Å²) in [5.74, 6) is 0. The van der Waals surface area contributed by atoms with E-state index in [2.05, 4.69) is 10.00 Å². The SMILES string of the molecule is NCCn1cc(S(=O)(=O)N2CCN3CCCCC3C2)cn1. The topological polar surface area (TPSA) is 84.5 Å². The molecule has 1 aromatic rings. The molecule has 2 saturated heterocycles. The van der Waals surface area contributed by atoms with Gasteiger partial charge >= 0.3 is 0 Å². The predicted molar refractivity (Wildman–Crippen MR) is 79.3 cm³/mol. The molecule has 1 atom stereocenters. The Labute approximate surface area is 125 Å². The van der Waals surface area contributed by atoms with E-state index in [1.165, 1.54) is 19.0 Å². The molecule has 0 radical (unpaired) electrons. The molecule has 0 aromatic carbocycles. The van der Waals surface area contributed by atoms with Crippen molar-refractivity contribution in [3.63, 3.8) is 0 Å². The van der Waals surface area contributed by atoms with Crippen molar-refractivity contribution >= 4 is 10.0 Å². The molecule has 118 valence electrons. The van der Waals surface area contributed by atoms with Crippen LogP contribution < -0.4 is 5.73 Å². The van der Waals surface area contributed by atoms with Crippen molar-refractivity contribution in [3.05, 3.63) is 12.4 Å². The fourth-order valence-electron chi connectivity index (χ4n) is 3.23.